The van der Waals surface area contributed by atoms with Gasteiger partial charge in [-0.15, -0.1) is 0 Å². The molecule has 2 aliphatic heterocycles. The van der Waals surface area contributed by atoms with Crippen LogP contribution in [0.3, 0.4) is 0 Å². The third-order valence-electron chi connectivity index (χ3n) is 6.83. The van der Waals surface area contributed by atoms with E-state index in [0.29, 0.717) is 17.9 Å². The van der Waals surface area contributed by atoms with E-state index in [1.807, 2.05) is 6.92 Å². The average molecular weight is 624 g/mol. The molecule has 4 atom stereocenters. The first-order valence-electron chi connectivity index (χ1n) is 13.6. The Kier molecular flexibility index (Phi) is 7.62. The molecule has 4 aromatic rings. The second kappa shape index (κ2) is 11.4. The molecule has 5 heterocycles. The number of hydrogen-bond donors (Lipinski definition) is 4. The SMILES string of the molecule is CCNC(=O)[C@H]1O[C@@H](n2cnc3c(NC(=O)Nc4ccc(S(=O)(=O)Nc5ccccn5)cc4)ncnc32)[C@@H]2OC(C)(C)O[C@@H]21. The zero-order valence-electron chi connectivity index (χ0n) is 23.8. The molecule has 0 aliphatic carbocycles. The number of hydrogen-bond acceptors (Lipinski definition) is 11. The first kappa shape index (κ1) is 29.4. The number of benzene rings is 1. The summed E-state index contributed by atoms with van der Waals surface area (Å²) in [7, 11) is -3.88. The third kappa shape index (κ3) is 5.77. The lowest BCUT2D eigenvalue weighted by atomic mass is 10.1. The van der Waals surface area contributed by atoms with E-state index in [1.54, 1.807) is 30.5 Å². The summed E-state index contributed by atoms with van der Waals surface area (Å²) in [6.45, 7) is 5.76. The summed E-state index contributed by atoms with van der Waals surface area (Å²) < 4.78 is 47.5. The quantitative estimate of drug-likeness (QED) is 0.224. The van der Waals surface area contributed by atoms with Crippen molar-refractivity contribution in [1.29, 1.82) is 0 Å². The van der Waals surface area contributed by atoms with Crippen LogP contribution < -0.4 is 20.7 Å². The van der Waals surface area contributed by atoms with Crippen molar-refractivity contribution >= 4 is 50.4 Å². The van der Waals surface area contributed by atoms with Crippen LogP contribution in [-0.4, -0.2) is 75.5 Å². The van der Waals surface area contributed by atoms with Crippen LogP contribution in [0.2, 0.25) is 0 Å². The standard InChI is InChI=1S/C27H29N9O7S/c1-4-28-24(37)20-19-21(43-27(2,3)42-19)25(41-20)36-14-32-18-22(30-13-31-23(18)36)34-26(38)33-15-8-10-16(11-9-15)44(39,40)35-17-7-5-6-12-29-17/h5-14,19-21,25H,4H2,1-3H3,(H,28,37)(H,29,35)(H2,30,31,33,34,38)/t19-,20+,21-,25-/m1/s1. The summed E-state index contributed by atoms with van der Waals surface area (Å²) in [6.07, 6.45) is 1.21. The smallest absolute Gasteiger partial charge is 0.324 e. The Morgan fingerprint density at radius 2 is 1.75 bits per heavy atom. The molecule has 16 nitrogen and oxygen atoms in total. The number of sulfonamides is 1. The van der Waals surface area contributed by atoms with Crippen molar-refractivity contribution in [2.45, 2.75) is 56.0 Å². The number of pyridine rings is 1. The van der Waals surface area contributed by atoms with E-state index in [9.17, 15) is 18.0 Å². The van der Waals surface area contributed by atoms with Crippen LogP contribution in [-0.2, 0) is 29.0 Å². The normalized spacial score (nSPS) is 22.3. The summed E-state index contributed by atoms with van der Waals surface area (Å²) in [6, 6.07) is 9.81. The molecule has 4 N–H and O–H groups in total. The highest BCUT2D eigenvalue weighted by Gasteiger charge is 2.58. The van der Waals surface area contributed by atoms with Gasteiger partial charge >= 0.3 is 6.03 Å². The second-order valence-corrected chi connectivity index (χ2v) is 12.1. The molecule has 0 saturated carbocycles. The number of ether oxygens (including phenoxy) is 3. The number of nitrogens with zero attached hydrogens (tertiary/aromatic N) is 5. The Labute approximate surface area is 251 Å². The molecular weight excluding hydrogens is 594 g/mol. The van der Waals surface area contributed by atoms with Crippen molar-refractivity contribution in [2.75, 3.05) is 21.9 Å². The summed E-state index contributed by atoms with van der Waals surface area (Å²) in [5, 5.41) is 8.04. The van der Waals surface area contributed by atoms with Crippen LogP contribution in [0.25, 0.3) is 11.2 Å². The minimum atomic E-state index is -3.88. The number of amides is 3. The molecule has 1 aromatic carbocycles. The number of imidazole rings is 1. The van der Waals surface area contributed by atoms with E-state index in [-0.39, 0.29) is 28.0 Å². The average Bonchev–Trinajstić information content (AvgIpc) is 3.64. The molecule has 0 spiro atoms. The number of nitrogens with one attached hydrogen (secondary N) is 4. The molecule has 3 amide bonds. The maximum absolute atomic E-state index is 12.9. The Balaban J connectivity index is 1.17. The topological polar surface area (TPSA) is 201 Å². The highest BCUT2D eigenvalue weighted by Crippen LogP contribution is 2.44. The molecule has 2 aliphatic rings. The number of fused-ring (bicyclic) bond motifs is 2. The highest BCUT2D eigenvalue weighted by molar-refractivity contribution is 7.92. The van der Waals surface area contributed by atoms with Crippen LogP contribution in [0, 0.1) is 0 Å². The minimum Gasteiger partial charge on any atom is -0.354 e. The minimum absolute atomic E-state index is 0.0111. The van der Waals surface area contributed by atoms with Gasteiger partial charge in [0.05, 0.1) is 11.2 Å². The first-order valence-corrected chi connectivity index (χ1v) is 15.1. The van der Waals surface area contributed by atoms with Gasteiger partial charge in [0.25, 0.3) is 15.9 Å². The van der Waals surface area contributed by atoms with Crippen molar-refractivity contribution in [3.05, 3.63) is 61.3 Å². The van der Waals surface area contributed by atoms with E-state index in [1.165, 1.54) is 49.2 Å². The number of carbonyl (C=O) groups excluding carboxylic acids is 2. The first-order chi connectivity index (χ1) is 21.0. The van der Waals surface area contributed by atoms with Gasteiger partial charge in [0.2, 0.25) is 0 Å². The number of likely N-dealkylation sites (N-methyl/N-ethyl adjacent to an activating group) is 1. The van der Waals surface area contributed by atoms with E-state index in [0.717, 1.165) is 0 Å². The summed E-state index contributed by atoms with van der Waals surface area (Å²) in [5.74, 6) is -0.957. The molecule has 2 fully saturated rings. The molecule has 17 heteroatoms. The summed E-state index contributed by atoms with van der Waals surface area (Å²) >= 11 is 0. The number of rotatable bonds is 8. The van der Waals surface area contributed by atoms with Crippen molar-refractivity contribution in [3.63, 3.8) is 0 Å². The number of aromatic nitrogens is 5. The monoisotopic (exact) mass is 623 g/mol. The molecule has 3 aromatic heterocycles. The van der Waals surface area contributed by atoms with Gasteiger partial charge in [0.15, 0.2) is 35.1 Å². The molecule has 2 saturated heterocycles. The van der Waals surface area contributed by atoms with E-state index >= 15 is 0 Å². The Hall–Kier alpha value is -4.71. The third-order valence-corrected chi connectivity index (χ3v) is 8.20. The van der Waals surface area contributed by atoms with Gasteiger partial charge in [0.1, 0.15) is 24.4 Å². The Bertz CT molecular complexity index is 1800. The van der Waals surface area contributed by atoms with Gasteiger partial charge in [-0.2, -0.15) is 0 Å². The van der Waals surface area contributed by atoms with Gasteiger partial charge in [-0.1, -0.05) is 6.07 Å². The van der Waals surface area contributed by atoms with Crippen LogP contribution in [0.15, 0.2) is 66.2 Å². The van der Waals surface area contributed by atoms with Crippen molar-refractivity contribution < 1.29 is 32.2 Å². The molecule has 0 bridgehead atoms. The van der Waals surface area contributed by atoms with Crippen molar-refractivity contribution in [2.24, 2.45) is 0 Å². The fourth-order valence-electron chi connectivity index (χ4n) is 5.02. The van der Waals surface area contributed by atoms with E-state index in [2.05, 4.69) is 40.6 Å². The van der Waals surface area contributed by atoms with Gasteiger partial charge in [-0.25, -0.2) is 33.1 Å². The maximum Gasteiger partial charge on any atom is 0.324 e. The summed E-state index contributed by atoms with van der Waals surface area (Å²) in [5.41, 5.74) is 0.932. The van der Waals surface area contributed by atoms with E-state index in [4.69, 9.17) is 14.2 Å². The predicted octanol–water partition coefficient (Wildman–Crippen LogP) is 2.22. The van der Waals surface area contributed by atoms with Gasteiger partial charge in [-0.05, 0) is 57.2 Å². The largest absolute Gasteiger partial charge is 0.354 e. The zero-order valence-corrected chi connectivity index (χ0v) is 24.6. The number of carbonyl (C=O) groups is 2. The fraction of sp³-hybridized carbons (Fsp3) is 0.333. The highest BCUT2D eigenvalue weighted by atomic mass is 32.2. The maximum atomic E-state index is 12.9. The summed E-state index contributed by atoms with van der Waals surface area (Å²) in [4.78, 5) is 42.4. The van der Waals surface area contributed by atoms with E-state index < -0.39 is 46.4 Å². The number of anilines is 3. The lowest BCUT2D eigenvalue weighted by Crippen LogP contribution is -2.42. The van der Waals surface area contributed by atoms with Gasteiger partial charge < -0.3 is 24.8 Å². The predicted molar refractivity (Wildman–Crippen MR) is 156 cm³/mol. The molecule has 6 rings (SSSR count). The molecular formula is C27H29N9O7S. The molecule has 0 radical (unpaired) electrons. The lowest BCUT2D eigenvalue weighted by molar-refractivity contribution is -0.197. The lowest BCUT2D eigenvalue weighted by Gasteiger charge is -2.24. The van der Waals surface area contributed by atoms with Gasteiger partial charge in [-0.3, -0.25) is 19.4 Å². The van der Waals surface area contributed by atoms with Gasteiger partial charge in [0, 0.05) is 18.4 Å². The molecule has 0 unspecified atom stereocenters. The Morgan fingerprint density at radius 3 is 2.48 bits per heavy atom. The molecule has 230 valence electrons. The van der Waals surface area contributed by atoms with Crippen LogP contribution in [0.1, 0.15) is 27.0 Å². The van der Waals surface area contributed by atoms with Crippen LogP contribution in [0.4, 0.5) is 22.1 Å². The molecule has 44 heavy (non-hydrogen) atoms. The fourth-order valence-corrected chi connectivity index (χ4v) is 6.03. The van der Waals surface area contributed by atoms with Crippen molar-refractivity contribution in [1.82, 2.24) is 29.8 Å². The number of urea groups is 1. The zero-order chi connectivity index (χ0) is 31.1. The van der Waals surface area contributed by atoms with Crippen molar-refractivity contribution in [3.8, 4) is 0 Å². The second-order valence-electron chi connectivity index (χ2n) is 10.4. The van der Waals surface area contributed by atoms with Crippen LogP contribution in [0.5, 0.6) is 0 Å². The van der Waals surface area contributed by atoms with Crippen LogP contribution >= 0.6 is 0 Å². The Morgan fingerprint density at radius 1 is 0.977 bits per heavy atom.